The Balaban J connectivity index is 1.47. The van der Waals surface area contributed by atoms with Crippen molar-refractivity contribution in [3.8, 4) is 0 Å². The first-order chi connectivity index (χ1) is 13.5. The molecule has 0 unspecified atom stereocenters. The van der Waals surface area contributed by atoms with Gasteiger partial charge in [-0.3, -0.25) is 14.8 Å². The van der Waals surface area contributed by atoms with Crippen molar-refractivity contribution in [3.63, 3.8) is 0 Å². The first-order valence-electron chi connectivity index (χ1n) is 8.80. The molecule has 4 rings (SSSR count). The summed E-state index contributed by atoms with van der Waals surface area (Å²) in [5, 5.41) is 9.49. The molecule has 2 aromatic carbocycles. The number of aromatic nitrogens is 2. The molecule has 0 fully saturated rings. The summed E-state index contributed by atoms with van der Waals surface area (Å²) in [6, 6.07) is 11.7. The molecule has 0 saturated heterocycles. The zero-order valence-corrected chi connectivity index (χ0v) is 14.8. The number of hydrogen-bond acceptors (Lipinski definition) is 3. The largest absolute Gasteiger partial charge is 0.305 e. The molecule has 3 aromatic rings. The van der Waals surface area contributed by atoms with Gasteiger partial charge in [-0.05, 0) is 24.1 Å². The van der Waals surface area contributed by atoms with Crippen LogP contribution >= 0.6 is 0 Å². The van der Waals surface area contributed by atoms with E-state index in [0.29, 0.717) is 13.0 Å². The topological polar surface area (TPSA) is 61.0 Å². The van der Waals surface area contributed by atoms with Gasteiger partial charge in [-0.2, -0.15) is 5.10 Å². The molecule has 2 heterocycles. The van der Waals surface area contributed by atoms with Crippen LogP contribution in [0.25, 0.3) is 0 Å². The maximum absolute atomic E-state index is 13.8. The summed E-state index contributed by atoms with van der Waals surface area (Å²) in [6.45, 7) is 2.19. The van der Waals surface area contributed by atoms with Crippen LogP contribution in [0.5, 0.6) is 0 Å². The van der Waals surface area contributed by atoms with E-state index in [2.05, 4.69) is 32.5 Å². The van der Waals surface area contributed by atoms with Crippen molar-refractivity contribution in [1.29, 1.82) is 0 Å². The molecule has 144 valence electrons. The molecule has 28 heavy (non-hydrogen) atoms. The molecule has 1 amide bonds. The van der Waals surface area contributed by atoms with E-state index < -0.39 is 28.9 Å². The maximum Gasteiger partial charge on any atom is 0.259 e. The van der Waals surface area contributed by atoms with Gasteiger partial charge < -0.3 is 5.32 Å². The Morgan fingerprint density at radius 3 is 2.68 bits per heavy atom. The number of nitrogens with zero attached hydrogens (tertiary/aromatic N) is 2. The average Bonchev–Trinajstić information content (AvgIpc) is 3.09. The van der Waals surface area contributed by atoms with Crippen LogP contribution in [-0.2, 0) is 19.5 Å². The number of aromatic amines is 1. The third-order valence-electron chi connectivity index (χ3n) is 4.77. The van der Waals surface area contributed by atoms with Crippen molar-refractivity contribution < 1.29 is 18.0 Å². The van der Waals surface area contributed by atoms with Crippen LogP contribution in [-0.4, -0.2) is 27.5 Å². The average molecular weight is 386 g/mol. The highest BCUT2D eigenvalue weighted by Crippen LogP contribution is 2.25. The standard InChI is InChI=1S/C20H17F3N4O/c21-15-7-6-14(17(22)18(15)23)20(28)24-19-13-8-9-27(11-16(13)25-26-19)10-12-4-2-1-3-5-12/h1-7H,8-11H2,(H2,24,25,26,28). The van der Waals surface area contributed by atoms with Crippen LogP contribution < -0.4 is 5.32 Å². The van der Waals surface area contributed by atoms with E-state index in [1.54, 1.807) is 0 Å². The van der Waals surface area contributed by atoms with Crippen LogP contribution in [0.15, 0.2) is 42.5 Å². The summed E-state index contributed by atoms with van der Waals surface area (Å²) in [6.07, 6.45) is 0.647. The first-order valence-corrected chi connectivity index (χ1v) is 8.80. The van der Waals surface area contributed by atoms with E-state index in [0.717, 1.165) is 36.5 Å². The van der Waals surface area contributed by atoms with E-state index in [-0.39, 0.29) is 5.82 Å². The number of H-pyrrole nitrogens is 1. The van der Waals surface area contributed by atoms with Gasteiger partial charge in [0.25, 0.3) is 5.91 Å². The summed E-state index contributed by atoms with van der Waals surface area (Å²) in [4.78, 5) is 14.5. The lowest BCUT2D eigenvalue weighted by atomic mass is 10.1. The fourth-order valence-corrected chi connectivity index (χ4v) is 3.33. The Morgan fingerprint density at radius 2 is 1.89 bits per heavy atom. The number of carbonyl (C=O) groups is 1. The second-order valence-electron chi connectivity index (χ2n) is 6.65. The predicted molar refractivity (Wildman–Crippen MR) is 97.1 cm³/mol. The number of fused-ring (bicyclic) bond motifs is 1. The highest BCUT2D eigenvalue weighted by Gasteiger charge is 2.25. The molecule has 1 aliphatic heterocycles. The lowest BCUT2D eigenvalue weighted by Gasteiger charge is -2.26. The Morgan fingerprint density at radius 1 is 1.11 bits per heavy atom. The quantitative estimate of drug-likeness (QED) is 0.673. The highest BCUT2D eigenvalue weighted by atomic mass is 19.2. The summed E-state index contributed by atoms with van der Waals surface area (Å²) in [7, 11) is 0. The second-order valence-corrected chi connectivity index (χ2v) is 6.65. The molecule has 5 nitrogen and oxygen atoms in total. The number of rotatable bonds is 4. The normalized spacial score (nSPS) is 14.0. The number of halogens is 3. The van der Waals surface area contributed by atoms with Gasteiger partial charge in [0.2, 0.25) is 0 Å². The lowest BCUT2D eigenvalue weighted by Crippen LogP contribution is -2.30. The molecule has 1 aliphatic rings. The van der Waals surface area contributed by atoms with Gasteiger partial charge in [0.15, 0.2) is 23.3 Å². The molecular formula is C20H17F3N4O. The minimum atomic E-state index is -1.67. The molecule has 0 radical (unpaired) electrons. The molecule has 0 atom stereocenters. The van der Waals surface area contributed by atoms with Crippen LogP contribution in [0.2, 0.25) is 0 Å². The third-order valence-corrected chi connectivity index (χ3v) is 4.77. The molecule has 0 bridgehead atoms. The molecule has 0 aliphatic carbocycles. The summed E-state index contributed by atoms with van der Waals surface area (Å²) < 4.78 is 40.2. The molecule has 2 N–H and O–H groups in total. The molecule has 8 heteroatoms. The molecular weight excluding hydrogens is 369 g/mol. The van der Waals surface area contributed by atoms with Gasteiger partial charge in [0.05, 0.1) is 11.3 Å². The zero-order valence-electron chi connectivity index (χ0n) is 14.8. The predicted octanol–water partition coefficient (Wildman–Crippen LogP) is 3.64. The third kappa shape index (κ3) is 3.50. The van der Waals surface area contributed by atoms with Crippen LogP contribution in [0, 0.1) is 17.5 Å². The van der Waals surface area contributed by atoms with Gasteiger partial charge in [0, 0.05) is 25.2 Å². The van der Waals surface area contributed by atoms with Gasteiger partial charge in [0.1, 0.15) is 0 Å². The first kappa shape index (κ1) is 18.2. The van der Waals surface area contributed by atoms with Crippen molar-refractivity contribution in [1.82, 2.24) is 15.1 Å². The summed E-state index contributed by atoms with van der Waals surface area (Å²) in [5.41, 5.74) is 2.33. The van der Waals surface area contributed by atoms with Crippen molar-refractivity contribution in [3.05, 3.63) is 82.3 Å². The minimum absolute atomic E-state index is 0.281. The van der Waals surface area contributed by atoms with Crippen molar-refractivity contribution >= 4 is 11.7 Å². The van der Waals surface area contributed by atoms with Crippen LogP contribution in [0.1, 0.15) is 27.2 Å². The number of carbonyl (C=O) groups excluding carboxylic acids is 1. The monoisotopic (exact) mass is 386 g/mol. The highest BCUT2D eigenvalue weighted by molar-refractivity contribution is 6.04. The van der Waals surface area contributed by atoms with E-state index >= 15 is 0 Å². The minimum Gasteiger partial charge on any atom is -0.305 e. The number of benzene rings is 2. The number of amides is 1. The van der Waals surface area contributed by atoms with E-state index in [9.17, 15) is 18.0 Å². The Labute approximate surface area is 159 Å². The van der Waals surface area contributed by atoms with Crippen LogP contribution in [0.4, 0.5) is 19.0 Å². The number of anilines is 1. The SMILES string of the molecule is O=C(Nc1n[nH]c2c1CCN(Cc1ccccc1)C2)c1ccc(F)c(F)c1F. The second kappa shape index (κ2) is 7.47. The van der Waals surface area contributed by atoms with Gasteiger partial charge >= 0.3 is 0 Å². The lowest BCUT2D eigenvalue weighted by molar-refractivity contribution is 0.102. The Bertz CT molecular complexity index is 1020. The zero-order chi connectivity index (χ0) is 19.7. The van der Waals surface area contributed by atoms with Gasteiger partial charge in [-0.25, -0.2) is 13.2 Å². The van der Waals surface area contributed by atoms with E-state index in [1.165, 1.54) is 5.56 Å². The van der Waals surface area contributed by atoms with Gasteiger partial charge in [-0.15, -0.1) is 0 Å². The summed E-state index contributed by atoms with van der Waals surface area (Å²) in [5.74, 6) is -5.13. The van der Waals surface area contributed by atoms with Crippen molar-refractivity contribution in [2.75, 3.05) is 11.9 Å². The Hall–Kier alpha value is -3.13. The fourth-order valence-electron chi connectivity index (χ4n) is 3.33. The van der Waals surface area contributed by atoms with Gasteiger partial charge in [-0.1, -0.05) is 30.3 Å². The molecule has 1 aromatic heterocycles. The van der Waals surface area contributed by atoms with E-state index in [4.69, 9.17) is 0 Å². The van der Waals surface area contributed by atoms with E-state index in [1.807, 2.05) is 18.2 Å². The fraction of sp³-hybridized carbons (Fsp3) is 0.200. The number of nitrogens with one attached hydrogen (secondary N) is 2. The summed E-state index contributed by atoms with van der Waals surface area (Å²) >= 11 is 0. The van der Waals surface area contributed by atoms with Crippen molar-refractivity contribution in [2.24, 2.45) is 0 Å². The maximum atomic E-state index is 13.8. The number of hydrogen-bond donors (Lipinski definition) is 2. The Kier molecular flexibility index (Phi) is 4.87. The van der Waals surface area contributed by atoms with Crippen LogP contribution in [0.3, 0.4) is 0 Å². The van der Waals surface area contributed by atoms with Crippen molar-refractivity contribution in [2.45, 2.75) is 19.5 Å². The smallest absolute Gasteiger partial charge is 0.259 e. The molecule has 0 saturated carbocycles. The molecule has 0 spiro atoms.